The summed E-state index contributed by atoms with van der Waals surface area (Å²) in [4.78, 5) is 12.3. The van der Waals surface area contributed by atoms with Gasteiger partial charge >= 0.3 is 6.18 Å². The Hall–Kier alpha value is -2.39. The third-order valence-corrected chi connectivity index (χ3v) is 6.87. The van der Waals surface area contributed by atoms with Crippen LogP contribution in [0.5, 0.6) is 0 Å². The van der Waals surface area contributed by atoms with Crippen molar-refractivity contribution in [2.75, 3.05) is 18.4 Å². The number of amides is 1. The molecule has 0 aliphatic carbocycles. The Morgan fingerprint density at radius 2 is 1.60 bits per heavy atom. The van der Waals surface area contributed by atoms with Crippen LogP contribution in [0.4, 0.5) is 18.9 Å². The number of hydrogen-bond acceptors (Lipinski definition) is 3. The van der Waals surface area contributed by atoms with E-state index in [0.29, 0.717) is 18.8 Å². The second-order valence-electron chi connectivity index (χ2n) is 7.27. The van der Waals surface area contributed by atoms with Gasteiger partial charge in [0.25, 0.3) is 0 Å². The molecule has 30 heavy (non-hydrogen) atoms. The zero-order valence-corrected chi connectivity index (χ0v) is 17.1. The number of anilines is 1. The smallest absolute Gasteiger partial charge is 0.326 e. The van der Waals surface area contributed by atoms with Crippen molar-refractivity contribution < 1.29 is 26.4 Å². The first kappa shape index (κ1) is 22.3. The van der Waals surface area contributed by atoms with Crippen molar-refractivity contribution in [1.82, 2.24) is 4.31 Å². The summed E-state index contributed by atoms with van der Waals surface area (Å²) in [5.74, 6) is -0.488. The van der Waals surface area contributed by atoms with Crippen molar-refractivity contribution in [2.45, 2.75) is 43.2 Å². The molecule has 1 heterocycles. The van der Waals surface area contributed by atoms with Gasteiger partial charge in [-0.1, -0.05) is 31.0 Å². The van der Waals surface area contributed by atoms with Crippen LogP contribution < -0.4 is 5.32 Å². The van der Waals surface area contributed by atoms with Gasteiger partial charge in [0.05, 0.1) is 16.9 Å². The molecular formula is C21H23F3N2O3S. The summed E-state index contributed by atoms with van der Waals surface area (Å²) in [6.07, 6.45) is -0.990. The second kappa shape index (κ2) is 9.18. The lowest BCUT2D eigenvalue weighted by atomic mass is 10.1. The van der Waals surface area contributed by atoms with Gasteiger partial charge in [-0.2, -0.15) is 17.5 Å². The maximum Gasteiger partial charge on any atom is 0.416 e. The van der Waals surface area contributed by atoms with Gasteiger partial charge < -0.3 is 5.32 Å². The molecule has 2 aromatic carbocycles. The number of rotatable bonds is 5. The van der Waals surface area contributed by atoms with Crippen LogP contribution in [0, 0.1) is 0 Å². The van der Waals surface area contributed by atoms with Crippen LogP contribution in [-0.2, 0) is 27.4 Å². The number of benzene rings is 2. The molecule has 0 aromatic heterocycles. The van der Waals surface area contributed by atoms with E-state index in [1.807, 2.05) is 0 Å². The summed E-state index contributed by atoms with van der Waals surface area (Å²) in [6, 6.07) is 10.4. The van der Waals surface area contributed by atoms with Gasteiger partial charge in [-0.05, 0) is 48.7 Å². The van der Waals surface area contributed by atoms with Crippen molar-refractivity contribution in [3.63, 3.8) is 0 Å². The van der Waals surface area contributed by atoms with Gasteiger partial charge in [0.15, 0.2) is 0 Å². The van der Waals surface area contributed by atoms with Crippen molar-refractivity contribution >= 4 is 21.6 Å². The van der Waals surface area contributed by atoms with Gasteiger partial charge in [-0.15, -0.1) is 0 Å². The van der Waals surface area contributed by atoms with Crippen molar-refractivity contribution in [2.24, 2.45) is 0 Å². The Morgan fingerprint density at radius 1 is 0.967 bits per heavy atom. The lowest BCUT2D eigenvalue weighted by Crippen LogP contribution is -2.31. The molecule has 1 aliphatic heterocycles. The Morgan fingerprint density at radius 3 is 2.20 bits per heavy atom. The topological polar surface area (TPSA) is 66.5 Å². The highest BCUT2D eigenvalue weighted by atomic mass is 32.2. The van der Waals surface area contributed by atoms with E-state index in [1.54, 1.807) is 0 Å². The Balaban J connectivity index is 1.65. The zero-order chi connectivity index (χ0) is 21.8. The van der Waals surface area contributed by atoms with E-state index < -0.39 is 27.7 Å². The van der Waals surface area contributed by atoms with Gasteiger partial charge in [0.1, 0.15) is 0 Å². The van der Waals surface area contributed by atoms with E-state index in [1.165, 1.54) is 40.7 Å². The summed E-state index contributed by atoms with van der Waals surface area (Å²) in [6.45, 7) is 0.996. The standard InChI is InChI=1S/C21H23F3N2O3S/c22-21(23,24)17-7-5-6-16(14-17)15-20(27)25-18-8-10-19(11-9-18)30(28,29)26-12-3-1-2-4-13-26/h5-11,14H,1-4,12-13,15H2,(H,25,27). The second-order valence-corrected chi connectivity index (χ2v) is 9.20. The normalized spacial score (nSPS) is 16.1. The number of carbonyl (C=O) groups is 1. The number of hydrogen-bond donors (Lipinski definition) is 1. The SMILES string of the molecule is O=C(Cc1cccc(C(F)(F)F)c1)Nc1ccc(S(=O)(=O)N2CCCCCC2)cc1. The van der Waals surface area contributed by atoms with Gasteiger partial charge in [-0.3, -0.25) is 4.79 Å². The van der Waals surface area contributed by atoms with Crippen molar-refractivity contribution in [3.8, 4) is 0 Å². The predicted molar refractivity (Wildman–Crippen MR) is 107 cm³/mol. The Kier molecular flexibility index (Phi) is 6.82. The lowest BCUT2D eigenvalue weighted by Gasteiger charge is -2.20. The Labute approximate surface area is 173 Å². The molecule has 0 saturated carbocycles. The molecule has 162 valence electrons. The molecule has 5 nitrogen and oxygen atoms in total. The van der Waals surface area contributed by atoms with E-state index >= 15 is 0 Å². The molecule has 0 atom stereocenters. The van der Waals surface area contributed by atoms with Crippen LogP contribution in [0.25, 0.3) is 0 Å². The van der Waals surface area contributed by atoms with Crippen LogP contribution in [0.2, 0.25) is 0 Å². The van der Waals surface area contributed by atoms with Gasteiger partial charge in [0.2, 0.25) is 15.9 Å². The molecule has 1 amide bonds. The average Bonchev–Trinajstić information content (AvgIpc) is 2.98. The minimum atomic E-state index is -4.47. The number of sulfonamides is 1. The monoisotopic (exact) mass is 440 g/mol. The largest absolute Gasteiger partial charge is 0.416 e. The van der Waals surface area contributed by atoms with Crippen LogP contribution in [0.15, 0.2) is 53.4 Å². The molecule has 0 radical (unpaired) electrons. The fraction of sp³-hybridized carbons (Fsp3) is 0.381. The highest BCUT2D eigenvalue weighted by Crippen LogP contribution is 2.29. The van der Waals surface area contributed by atoms with E-state index in [4.69, 9.17) is 0 Å². The molecule has 1 fully saturated rings. The van der Waals surface area contributed by atoms with Crippen LogP contribution in [0.3, 0.4) is 0 Å². The highest BCUT2D eigenvalue weighted by Gasteiger charge is 2.30. The first-order valence-corrected chi connectivity index (χ1v) is 11.2. The summed E-state index contributed by atoms with van der Waals surface area (Å²) in [7, 11) is -3.58. The van der Waals surface area contributed by atoms with E-state index in [9.17, 15) is 26.4 Å². The number of halogens is 3. The number of alkyl halides is 3. The molecule has 3 rings (SSSR count). The highest BCUT2D eigenvalue weighted by molar-refractivity contribution is 7.89. The molecule has 1 aliphatic rings. The number of nitrogens with zero attached hydrogens (tertiary/aromatic N) is 1. The minimum absolute atomic E-state index is 0.153. The van der Waals surface area contributed by atoms with Crippen molar-refractivity contribution in [3.05, 3.63) is 59.7 Å². The minimum Gasteiger partial charge on any atom is -0.326 e. The first-order chi connectivity index (χ1) is 14.2. The summed E-state index contributed by atoms with van der Waals surface area (Å²) in [5, 5.41) is 2.59. The quantitative estimate of drug-likeness (QED) is 0.747. The van der Waals surface area contributed by atoms with Crippen LogP contribution >= 0.6 is 0 Å². The fourth-order valence-corrected chi connectivity index (χ4v) is 4.91. The van der Waals surface area contributed by atoms with Gasteiger partial charge in [-0.25, -0.2) is 8.42 Å². The Bertz CT molecular complexity index is 981. The van der Waals surface area contributed by atoms with E-state index in [-0.39, 0.29) is 16.9 Å². The van der Waals surface area contributed by atoms with Crippen LogP contribution in [-0.4, -0.2) is 31.7 Å². The fourth-order valence-electron chi connectivity index (χ4n) is 3.39. The van der Waals surface area contributed by atoms with Gasteiger partial charge in [0, 0.05) is 18.8 Å². The third-order valence-electron chi connectivity index (χ3n) is 4.96. The molecule has 1 N–H and O–H groups in total. The average molecular weight is 440 g/mol. The van der Waals surface area contributed by atoms with E-state index in [0.717, 1.165) is 37.8 Å². The maximum absolute atomic E-state index is 12.8. The summed E-state index contributed by atoms with van der Waals surface area (Å²) >= 11 is 0. The molecule has 1 saturated heterocycles. The lowest BCUT2D eigenvalue weighted by molar-refractivity contribution is -0.137. The third kappa shape index (κ3) is 5.60. The molecule has 9 heteroatoms. The number of nitrogens with one attached hydrogen (secondary N) is 1. The first-order valence-electron chi connectivity index (χ1n) is 9.72. The molecular weight excluding hydrogens is 417 g/mol. The molecule has 0 bridgehead atoms. The number of carbonyl (C=O) groups excluding carboxylic acids is 1. The molecule has 0 unspecified atom stereocenters. The van der Waals surface area contributed by atoms with Crippen LogP contribution in [0.1, 0.15) is 36.8 Å². The molecule has 2 aromatic rings. The predicted octanol–water partition coefficient (Wildman–Crippen LogP) is 4.45. The summed E-state index contributed by atoms with van der Waals surface area (Å²) < 4.78 is 65.4. The summed E-state index contributed by atoms with van der Waals surface area (Å²) in [5.41, 5.74) is -0.194. The molecule has 0 spiro atoms. The zero-order valence-electron chi connectivity index (χ0n) is 16.3. The maximum atomic E-state index is 12.8. The van der Waals surface area contributed by atoms with Crippen molar-refractivity contribution in [1.29, 1.82) is 0 Å². The van der Waals surface area contributed by atoms with E-state index in [2.05, 4.69) is 5.32 Å².